The Bertz CT molecular complexity index is 912. The van der Waals surface area contributed by atoms with E-state index in [4.69, 9.17) is 14.2 Å². The van der Waals surface area contributed by atoms with Crippen molar-refractivity contribution in [3.8, 4) is 5.75 Å². The number of rotatable bonds is 4. The van der Waals surface area contributed by atoms with Crippen molar-refractivity contribution in [3.63, 3.8) is 0 Å². The van der Waals surface area contributed by atoms with E-state index in [9.17, 15) is 18.4 Å². The first kappa shape index (κ1) is 18.6. The molecule has 0 spiro atoms. The molecule has 1 saturated heterocycles. The van der Waals surface area contributed by atoms with E-state index in [0.29, 0.717) is 11.1 Å². The summed E-state index contributed by atoms with van der Waals surface area (Å²) in [6.07, 6.45) is 1.35. The van der Waals surface area contributed by atoms with Gasteiger partial charge in [-0.3, -0.25) is 0 Å². The summed E-state index contributed by atoms with van der Waals surface area (Å²) in [6.45, 7) is 2.94. The highest BCUT2D eigenvalue weighted by Gasteiger charge is 2.38. The Labute approximate surface area is 154 Å². The van der Waals surface area contributed by atoms with E-state index in [2.05, 4.69) is 0 Å². The molecule has 7 heteroatoms. The van der Waals surface area contributed by atoms with Gasteiger partial charge in [-0.05, 0) is 29.3 Å². The Morgan fingerprint density at radius 1 is 1.00 bits per heavy atom. The molecule has 1 aliphatic rings. The monoisotopic (exact) mass is 374 g/mol. The summed E-state index contributed by atoms with van der Waals surface area (Å²) >= 11 is 0. The third-order valence-electron chi connectivity index (χ3n) is 3.76. The summed E-state index contributed by atoms with van der Waals surface area (Å²) in [7, 11) is 0. The second-order valence-corrected chi connectivity index (χ2v) is 6.30. The predicted molar refractivity (Wildman–Crippen MR) is 91.4 cm³/mol. The molecule has 140 valence electrons. The number of benzene rings is 2. The fraction of sp³-hybridized carbons (Fsp3) is 0.200. The SMILES string of the molecule is CC1(C)OC(=O)C(=Cc2ccccc2COc2ccc(F)c(F)c2)C(=O)O1. The maximum Gasteiger partial charge on any atom is 0.348 e. The van der Waals surface area contributed by atoms with Crippen molar-refractivity contribution in [1.29, 1.82) is 0 Å². The van der Waals surface area contributed by atoms with Gasteiger partial charge in [0.05, 0.1) is 0 Å². The van der Waals surface area contributed by atoms with Crippen LogP contribution in [-0.4, -0.2) is 17.7 Å². The van der Waals surface area contributed by atoms with Gasteiger partial charge < -0.3 is 14.2 Å². The average Bonchev–Trinajstić information content (AvgIpc) is 2.59. The average molecular weight is 374 g/mol. The van der Waals surface area contributed by atoms with Gasteiger partial charge in [0.25, 0.3) is 5.79 Å². The molecule has 0 N–H and O–H groups in total. The Morgan fingerprint density at radius 3 is 2.33 bits per heavy atom. The Hall–Kier alpha value is -3.22. The van der Waals surface area contributed by atoms with Crippen LogP contribution in [0.2, 0.25) is 0 Å². The van der Waals surface area contributed by atoms with E-state index >= 15 is 0 Å². The molecule has 0 bridgehead atoms. The highest BCUT2D eigenvalue weighted by atomic mass is 19.2. The van der Waals surface area contributed by atoms with Gasteiger partial charge in [-0.15, -0.1) is 0 Å². The molecule has 0 aliphatic carbocycles. The van der Waals surface area contributed by atoms with Gasteiger partial charge in [-0.25, -0.2) is 18.4 Å². The first-order chi connectivity index (χ1) is 12.7. The molecule has 0 unspecified atom stereocenters. The van der Waals surface area contributed by atoms with Gasteiger partial charge in [0.2, 0.25) is 0 Å². The minimum atomic E-state index is -1.32. The predicted octanol–water partition coefficient (Wildman–Crippen LogP) is 3.76. The quantitative estimate of drug-likeness (QED) is 0.463. The van der Waals surface area contributed by atoms with Crippen LogP contribution in [0.4, 0.5) is 8.78 Å². The summed E-state index contributed by atoms with van der Waals surface area (Å²) in [6, 6.07) is 10.1. The molecule has 1 aliphatic heterocycles. The molecular formula is C20H16F2O5. The Kier molecular flexibility index (Phi) is 4.94. The van der Waals surface area contributed by atoms with Crippen LogP contribution >= 0.6 is 0 Å². The zero-order chi connectivity index (χ0) is 19.6. The second-order valence-electron chi connectivity index (χ2n) is 6.30. The van der Waals surface area contributed by atoms with Crippen LogP contribution in [0.5, 0.6) is 5.75 Å². The van der Waals surface area contributed by atoms with Crippen LogP contribution < -0.4 is 4.74 Å². The molecule has 5 nitrogen and oxygen atoms in total. The summed E-state index contributed by atoms with van der Waals surface area (Å²) in [4.78, 5) is 24.2. The number of esters is 2. The van der Waals surface area contributed by atoms with Crippen molar-refractivity contribution < 1.29 is 32.6 Å². The van der Waals surface area contributed by atoms with E-state index in [1.807, 2.05) is 0 Å². The fourth-order valence-corrected chi connectivity index (χ4v) is 2.47. The number of hydrogen-bond donors (Lipinski definition) is 0. The topological polar surface area (TPSA) is 61.8 Å². The summed E-state index contributed by atoms with van der Waals surface area (Å²) in [5.74, 6) is -4.72. The molecule has 0 aromatic heterocycles. The molecule has 2 aromatic rings. The zero-order valence-electron chi connectivity index (χ0n) is 14.6. The summed E-state index contributed by atoms with van der Waals surface area (Å²) in [5.41, 5.74) is 0.915. The van der Waals surface area contributed by atoms with Gasteiger partial charge in [-0.1, -0.05) is 24.3 Å². The van der Waals surface area contributed by atoms with Gasteiger partial charge >= 0.3 is 11.9 Å². The molecule has 27 heavy (non-hydrogen) atoms. The Balaban J connectivity index is 1.82. The van der Waals surface area contributed by atoms with Gasteiger partial charge in [-0.2, -0.15) is 0 Å². The standard InChI is InChI=1S/C20H16F2O5/c1-20(2)26-18(23)15(19(24)27-20)9-12-5-3-4-6-13(12)11-25-14-7-8-16(21)17(22)10-14/h3-10H,11H2,1-2H3. The summed E-state index contributed by atoms with van der Waals surface area (Å²) < 4.78 is 41.9. The van der Waals surface area contributed by atoms with E-state index in [1.54, 1.807) is 24.3 Å². The smallest absolute Gasteiger partial charge is 0.348 e. The largest absolute Gasteiger partial charge is 0.489 e. The second kappa shape index (κ2) is 7.19. The molecule has 3 rings (SSSR count). The molecule has 2 aromatic carbocycles. The number of carbonyl (C=O) groups is 2. The fourth-order valence-electron chi connectivity index (χ4n) is 2.47. The van der Waals surface area contributed by atoms with E-state index < -0.39 is 29.4 Å². The normalized spacial score (nSPS) is 15.8. The lowest BCUT2D eigenvalue weighted by molar-refractivity contribution is -0.222. The van der Waals surface area contributed by atoms with Crippen LogP contribution in [0.1, 0.15) is 25.0 Å². The van der Waals surface area contributed by atoms with E-state index in [-0.39, 0.29) is 17.9 Å². The molecule has 0 radical (unpaired) electrons. The van der Waals surface area contributed by atoms with Crippen LogP contribution in [-0.2, 0) is 25.7 Å². The van der Waals surface area contributed by atoms with Crippen molar-refractivity contribution in [2.24, 2.45) is 0 Å². The number of hydrogen-bond acceptors (Lipinski definition) is 5. The highest BCUT2D eigenvalue weighted by Crippen LogP contribution is 2.25. The molecule has 1 fully saturated rings. The van der Waals surface area contributed by atoms with Gasteiger partial charge in [0.15, 0.2) is 11.6 Å². The molecular weight excluding hydrogens is 358 g/mol. The molecule has 0 atom stereocenters. The lowest BCUT2D eigenvalue weighted by Crippen LogP contribution is -2.41. The van der Waals surface area contributed by atoms with Crippen molar-refractivity contribution in [2.75, 3.05) is 0 Å². The third kappa shape index (κ3) is 4.31. The maximum atomic E-state index is 13.3. The van der Waals surface area contributed by atoms with Crippen LogP contribution in [0.3, 0.4) is 0 Å². The van der Waals surface area contributed by atoms with Crippen molar-refractivity contribution >= 4 is 18.0 Å². The van der Waals surface area contributed by atoms with Gasteiger partial charge in [0.1, 0.15) is 17.9 Å². The van der Waals surface area contributed by atoms with E-state index in [0.717, 1.165) is 12.1 Å². The van der Waals surface area contributed by atoms with Gasteiger partial charge in [0, 0.05) is 19.9 Å². The van der Waals surface area contributed by atoms with Crippen LogP contribution in [0, 0.1) is 11.6 Å². The maximum absolute atomic E-state index is 13.3. The first-order valence-electron chi connectivity index (χ1n) is 8.09. The van der Waals surface area contributed by atoms with E-state index in [1.165, 1.54) is 26.0 Å². The number of halogens is 2. The van der Waals surface area contributed by atoms with Crippen LogP contribution in [0.15, 0.2) is 48.0 Å². The summed E-state index contributed by atoms with van der Waals surface area (Å²) in [5, 5.41) is 0. The zero-order valence-corrected chi connectivity index (χ0v) is 14.6. The molecule has 0 saturated carbocycles. The Morgan fingerprint density at radius 2 is 1.67 bits per heavy atom. The van der Waals surface area contributed by atoms with Crippen LogP contribution in [0.25, 0.3) is 6.08 Å². The first-order valence-corrected chi connectivity index (χ1v) is 8.09. The van der Waals surface area contributed by atoms with Crippen molar-refractivity contribution in [2.45, 2.75) is 26.2 Å². The lowest BCUT2D eigenvalue weighted by Gasteiger charge is -2.29. The lowest BCUT2D eigenvalue weighted by atomic mass is 10.0. The molecule has 0 amide bonds. The third-order valence-corrected chi connectivity index (χ3v) is 3.76. The highest BCUT2D eigenvalue weighted by molar-refractivity contribution is 6.18. The number of cyclic esters (lactones) is 2. The minimum absolute atomic E-state index is 0.0145. The molecule has 1 heterocycles. The number of ether oxygens (including phenoxy) is 3. The number of carbonyl (C=O) groups excluding carboxylic acids is 2. The minimum Gasteiger partial charge on any atom is -0.489 e. The van der Waals surface area contributed by atoms with Crippen molar-refractivity contribution in [1.82, 2.24) is 0 Å². The van der Waals surface area contributed by atoms with Crippen molar-refractivity contribution in [3.05, 3.63) is 70.8 Å².